The van der Waals surface area contributed by atoms with E-state index in [4.69, 9.17) is 4.74 Å². The molecule has 1 aromatic rings. The Balaban J connectivity index is 2.73. The van der Waals surface area contributed by atoms with Crippen LogP contribution in [-0.4, -0.2) is 25.2 Å². The van der Waals surface area contributed by atoms with Gasteiger partial charge in [-0.25, -0.2) is 0 Å². The lowest BCUT2D eigenvalue weighted by atomic mass is 10.0. The molecule has 0 bridgehead atoms. The normalized spacial score (nSPS) is 12.7. The summed E-state index contributed by atoms with van der Waals surface area (Å²) in [6, 6.07) is 6.83. The monoisotopic (exact) mass is 309 g/mol. The van der Waals surface area contributed by atoms with E-state index in [1.807, 2.05) is 11.8 Å². The molecular weight excluding hydrogens is 278 g/mol. The number of methoxy groups -OCH3 is 1. The fourth-order valence-corrected chi connectivity index (χ4v) is 3.56. The van der Waals surface area contributed by atoms with Gasteiger partial charge in [-0.05, 0) is 44.0 Å². The molecular formula is C18H31NOS. The fraction of sp³-hybridized carbons (Fsp3) is 0.667. The van der Waals surface area contributed by atoms with Crippen molar-refractivity contribution in [2.24, 2.45) is 5.92 Å². The SMILES string of the molecule is CCCNC(CSCCC(C)C)c1cc(C)ccc1OC. The molecule has 0 amide bonds. The summed E-state index contributed by atoms with van der Waals surface area (Å²) in [4.78, 5) is 0. The Morgan fingerprint density at radius 1 is 1.29 bits per heavy atom. The van der Waals surface area contributed by atoms with Crippen molar-refractivity contribution >= 4 is 11.8 Å². The average Bonchev–Trinajstić information content (AvgIpc) is 2.46. The maximum absolute atomic E-state index is 5.56. The molecule has 3 heteroatoms. The molecule has 1 unspecified atom stereocenters. The first-order valence-electron chi connectivity index (χ1n) is 8.04. The average molecular weight is 310 g/mol. The first kappa shape index (κ1) is 18.4. The third-order valence-corrected chi connectivity index (χ3v) is 4.62. The summed E-state index contributed by atoms with van der Waals surface area (Å²) in [7, 11) is 1.76. The summed E-state index contributed by atoms with van der Waals surface area (Å²) in [5.41, 5.74) is 2.59. The minimum atomic E-state index is 0.372. The zero-order chi connectivity index (χ0) is 15.7. The van der Waals surface area contributed by atoms with Crippen LogP contribution in [0.15, 0.2) is 18.2 Å². The molecule has 0 aliphatic rings. The van der Waals surface area contributed by atoms with E-state index in [1.165, 1.54) is 23.3 Å². The lowest BCUT2D eigenvalue weighted by Crippen LogP contribution is -2.25. The van der Waals surface area contributed by atoms with Crippen LogP contribution in [0.1, 0.15) is 50.8 Å². The molecule has 0 fully saturated rings. The van der Waals surface area contributed by atoms with Gasteiger partial charge in [0.2, 0.25) is 0 Å². The molecule has 0 aliphatic heterocycles. The van der Waals surface area contributed by atoms with E-state index in [2.05, 4.69) is 51.2 Å². The van der Waals surface area contributed by atoms with E-state index in [-0.39, 0.29) is 0 Å². The zero-order valence-electron chi connectivity index (χ0n) is 14.2. The van der Waals surface area contributed by atoms with E-state index in [0.29, 0.717) is 6.04 Å². The maximum atomic E-state index is 5.56. The first-order chi connectivity index (χ1) is 10.1. The molecule has 0 heterocycles. The smallest absolute Gasteiger partial charge is 0.123 e. The van der Waals surface area contributed by atoms with Gasteiger partial charge in [-0.15, -0.1) is 0 Å². The Hall–Kier alpha value is -0.670. The van der Waals surface area contributed by atoms with Crippen molar-refractivity contribution in [2.45, 2.75) is 46.6 Å². The second-order valence-electron chi connectivity index (χ2n) is 6.01. The molecule has 120 valence electrons. The van der Waals surface area contributed by atoms with Crippen LogP contribution < -0.4 is 10.1 Å². The second-order valence-corrected chi connectivity index (χ2v) is 7.16. The van der Waals surface area contributed by atoms with Gasteiger partial charge < -0.3 is 10.1 Å². The summed E-state index contributed by atoms with van der Waals surface area (Å²) in [5.74, 6) is 4.12. The Kier molecular flexibility index (Phi) is 8.86. The number of aryl methyl sites for hydroxylation is 1. The Bertz CT molecular complexity index is 406. The van der Waals surface area contributed by atoms with E-state index in [1.54, 1.807) is 7.11 Å². The number of benzene rings is 1. The molecule has 1 N–H and O–H groups in total. The quantitative estimate of drug-likeness (QED) is 0.626. The molecule has 0 saturated carbocycles. The van der Waals surface area contributed by atoms with Crippen LogP contribution in [0.2, 0.25) is 0 Å². The number of thioether (sulfide) groups is 1. The Morgan fingerprint density at radius 3 is 2.67 bits per heavy atom. The molecule has 0 spiro atoms. The first-order valence-corrected chi connectivity index (χ1v) is 9.19. The van der Waals surface area contributed by atoms with Gasteiger partial charge in [0.05, 0.1) is 7.11 Å². The standard InChI is InChI=1S/C18H31NOS/c1-6-10-19-17(13-21-11-9-14(2)3)16-12-15(4)7-8-18(16)20-5/h7-8,12,14,17,19H,6,9-11,13H2,1-5H3. The number of nitrogens with one attached hydrogen (secondary N) is 1. The molecule has 0 aliphatic carbocycles. The zero-order valence-corrected chi connectivity index (χ0v) is 15.1. The summed E-state index contributed by atoms with van der Waals surface area (Å²) in [5, 5.41) is 3.67. The summed E-state index contributed by atoms with van der Waals surface area (Å²) < 4.78 is 5.56. The van der Waals surface area contributed by atoms with E-state index in [9.17, 15) is 0 Å². The van der Waals surface area contributed by atoms with Crippen LogP contribution in [0.5, 0.6) is 5.75 Å². The highest BCUT2D eigenvalue weighted by molar-refractivity contribution is 7.99. The van der Waals surface area contributed by atoms with Gasteiger partial charge in [0.1, 0.15) is 5.75 Å². The van der Waals surface area contributed by atoms with Gasteiger partial charge in [0.15, 0.2) is 0 Å². The molecule has 2 nitrogen and oxygen atoms in total. The molecule has 0 saturated heterocycles. The minimum Gasteiger partial charge on any atom is -0.496 e. The molecule has 1 atom stereocenters. The van der Waals surface area contributed by atoms with Gasteiger partial charge in [-0.1, -0.05) is 38.5 Å². The molecule has 0 aromatic heterocycles. The third kappa shape index (κ3) is 6.75. The fourth-order valence-electron chi connectivity index (χ4n) is 2.22. The molecule has 21 heavy (non-hydrogen) atoms. The van der Waals surface area contributed by atoms with Crippen molar-refractivity contribution < 1.29 is 4.74 Å². The summed E-state index contributed by atoms with van der Waals surface area (Å²) in [6.07, 6.45) is 2.44. The molecule has 1 aromatic carbocycles. The van der Waals surface area contributed by atoms with Crippen molar-refractivity contribution in [1.29, 1.82) is 0 Å². The lowest BCUT2D eigenvalue weighted by Gasteiger charge is -2.22. The van der Waals surface area contributed by atoms with Crippen LogP contribution in [0.4, 0.5) is 0 Å². The number of hydrogen-bond donors (Lipinski definition) is 1. The van der Waals surface area contributed by atoms with Crippen LogP contribution in [0, 0.1) is 12.8 Å². The second kappa shape index (κ2) is 10.1. The number of hydrogen-bond acceptors (Lipinski definition) is 3. The number of ether oxygens (including phenoxy) is 1. The Morgan fingerprint density at radius 2 is 2.05 bits per heavy atom. The van der Waals surface area contributed by atoms with Gasteiger partial charge in [0, 0.05) is 17.4 Å². The largest absolute Gasteiger partial charge is 0.496 e. The predicted molar refractivity (Wildman–Crippen MR) is 95.5 cm³/mol. The maximum Gasteiger partial charge on any atom is 0.123 e. The predicted octanol–water partition coefficient (Wildman–Crippen LogP) is 4.82. The summed E-state index contributed by atoms with van der Waals surface area (Å²) in [6.45, 7) is 9.98. The van der Waals surface area contributed by atoms with Crippen molar-refractivity contribution in [2.75, 3.05) is 25.2 Å². The van der Waals surface area contributed by atoms with Crippen molar-refractivity contribution in [1.82, 2.24) is 5.32 Å². The molecule has 1 rings (SSSR count). The van der Waals surface area contributed by atoms with Gasteiger partial charge in [0.25, 0.3) is 0 Å². The van der Waals surface area contributed by atoms with Gasteiger partial charge in [-0.3, -0.25) is 0 Å². The van der Waals surface area contributed by atoms with Gasteiger partial charge in [-0.2, -0.15) is 11.8 Å². The van der Waals surface area contributed by atoms with E-state index < -0.39 is 0 Å². The van der Waals surface area contributed by atoms with Gasteiger partial charge >= 0.3 is 0 Å². The van der Waals surface area contributed by atoms with Crippen LogP contribution in [0.25, 0.3) is 0 Å². The van der Waals surface area contributed by atoms with Crippen molar-refractivity contribution in [3.63, 3.8) is 0 Å². The highest BCUT2D eigenvalue weighted by atomic mass is 32.2. The highest BCUT2D eigenvalue weighted by Gasteiger charge is 2.16. The highest BCUT2D eigenvalue weighted by Crippen LogP contribution is 2.29. The van der Waals surface area contributed by atoms with E-state index in [0.717, 1.165) is 30.4 Å². The third-order valence-electron chi connectivity index (χ3n) is 3.53. The molecule has 0 radical (unpaired) electrons. The van der Waals surface area contributed by atoms with Crippen molar-refractivity contribution in [3.05, 3.63) is 29.3 Å². The number of rotatable bonds is 10. The lowest BCUT2D eigenvalue weighted by molar-refractivity contribution is 0.402. The minimum absolute atomic E-state index is 0.372. The van der Waals surface area contributed by atoms with E-state index >= 15 is 0 Å². The van der Waals surface area contributed by atoms with Crippen LogP contribution >= 0.6 is 11.8 Å². The van der Waals surface area contributed by atoms with Crippen LogP contribution in [-0.2, 0) is 0 Å². The topological polar surface area (TPSA) is 21.3 Å². The van der Waals surface area contributed by atoms with Crippen molar-refractivity contribution in [3.8, 4) is 5.75 Å². The Labute approximate surface area is 135 Å². The van der Waals surface area contributed by atoms with Crippen LogP contribution in [0.3, 0.4) is 0 Å². The summed E-state index contributed by atoms with van der Waals surface area (Å²) >= 11 is 2.04.